The summed E-state index contributed by atoms with van der Waals surface area (Å²) in [5, 5.41) is 15.3. The van der Waals surface area contributed by atoms with Crippen LogP contribution in [0.5, 0.6) is 0 Å². The predicted molar refractivity (Wildman–Crippen MR) is 141 cm³/mol. The van der Waals surface area contributed by atoms with Crippen molar-refractivity contribution in [3.63, 3.8) is 0 Å². The van der Waals surface area contributed by atoms with Crippen molar-refractivity contribution >= 4 is 11.9 Å². The summed E-state index contributed by atoms with van der Waals surface area (Å²) in [6.45, 7) is 4.16. The second-order valence-electron chi connectivity index (χ2n) is 11.1. The van der Waals surface area contributed by atoms with Gasteiger partial charge in [-0.3, -0.25) is 0 Å². The van der Waals surface area contributed by atoms with Crippen LogP contribution in [0.3, 0.4) is 0 Å². The third-order valence-electron chi connectivity index (χ3n) is 8.71. The number of nitrogens with zero attached hydrogens (tertiary/aromatic N) is 4. The van der Waals surface area contributed by atoms with Crippen LogP contribution in [0.15, 0.2) is 59.7 Å². The SMILES string of the molecule is CCc1cn(-c2ccc(/C=C3\CC4(COC4)CN4C3=NOCC4(CO)c3ccc(F)cc3)c3c2CC3)cn1. The number of aryl methyl sites for hydroxylation is 1. The third-order valence-corrected chi connectivity index (χ3v) is 8.71. The minimum absolute atomic E-state index is 0.0525. The molecule has 0 bridgehead atoms. The van der Waals surface area contributed by atoms with E-state index in [9.17, 15) is 9.50 Å². The maximum atomic E-state index is 13.8. The Hall–Kier alpha value is -3.49. The van der Waals surface area contributed by atoms with Crippen molar-refractivity contribution in [3.05, 3.63) is 88.3 Å². The Balaban J connectivity index is 1.30. The fourth-order valence-corrected chi connectivity index (χ4v) is 6.37. The topological polar surface area (TPSA) is 72.1 Å². The van der Waals surface area contributed by atoms with E-state index in [0.29, 0.717) is 19.8 Å². The largest absolute Gasteiger partial charge is 0.393 e. The van der Waals surface area contributed by atoms with Crippen LogP contribution in [0.2, 0.25) is 0 Å². The number of oxime groups is 1. The Bertz CT molecular complexity index is 1460. The van der Waals surface area contributed by atoms with Crippen LogP contribution in [0.1, 0.15) is 41.3 Å². The summed E-state index contributed by atoms with van der Waals surface area (Å²) in [6.07, 6.45) is 10.1. The highest BCUT2D eigenvalue weighted by Gasteiger charge is 2.54. The number of aliphatic hydroxyl groups excluding tert-OH is 1. The predicted octanol–water partition coefficient (Wildman–Crippen LogP) is 4.01. The van der Waals surface area contributed by atoms with Gasteiger partial charge in [0.15, 0.2) is 5.84 Å². The highest BCUT2D eigenvalue weighted by molar-refractivity contribution is 6.03. The smallest absolute Gasteiger partial charge is 0.172 e. The van der Waals surface area contributed by atoms with Crippen LogP contribution in [0.4, 0.5) is 4.39 Å². The molecule has 2 aromatic carbocycles. The van der Waals surface area contributed by atoms with E-state index in [4.69, 9.17) is 9.57 Å². The number of aliphatic hydroxyl groups is 1. The first-order valence-corrected chi connectivity index (χ1v) is 13.4. The molecule has 1 unspecified atom stereocenters. The maximum absolute atomic E-state index is 13.8. The highest BCUT2D eigenvalue weighted by Crippen LogP contribution is 2.47. The molecule has 1 aliphatic carbocycles. The lowest BCUT2D eigenvalue weighted by Crippen LogP contribution is -2.66. The lowest BCUT2D eigenvalue weighted by Gasteiger charge is -2.56. The van der Waals surface area contributed by atoms with Gasteiger partial charge in [-0.2, -0.15) is 0 Å². The summed E-state index contributed by atoms with van der Waals surface area (Å²) in [7, 11) is 0. The Morgan fingerprint density at radius 1 is 1.08 bits per heavy atom. The number of aromatic nitrogens is 2. The summed E-state index contributed by atoms with van der Waals surface area (Å²) in [6, 6.07) is 10.7. The van der Waals surface area contributed by atoms with Crippen molar-refractivity contribution in [1.82, 2.24) is 14.5 Å². The standard InChI is InChI=1S/C30H31FN4O3/c1-2-24-13-34(19-32-24)27-10-3-20(25-8-9-26(25)27)11-21-12-29(16-37-17-29)14-35-28(21)33-38-18-30(35,15-36)22-4-6-23(31)7-5-22/h3-7,10-11,13,19,36H,2,8-9,12,14-18H2,1H3/b21-11+. The van der Waals surface area contributed by atoms with Gasteiger partial charge in [0.1, 0.15) is 18.0 Å². The molecule has 0 radical (unpaired) electrons. The summed E-state index contributed by atoms with van der Waals surface area (Å²) in [5.74, 6) is 0.435. The molecule has 0 saturated carbocycles. The van der Waals surface area contributed by atoms with Gasteiger partial charge in [-0.05, 0) is 77.8 Å². The van der Waals surface area contributed by atoms with Gasteiger partial charge in [-0.1, -0.05) is 30.3 Å². The zero-order valence-corrected chi connectivity index (χ0v) is 21.5. The van der Waals surface area contributed by atoms with Gasteiger partial charge >= 0.3 is 0 Å². The van der Waals surface area contributed by atoms with Crippen LogP contribution >= 0.6 is 0 Å². The lowest BCUT2D eigenvalue weighted by atomic mass is 9.72. The van der Waals surface area contributed by atoms with Gasteiger partial charge in [-0.15, -0.1) is 0 Å². The Kier molecular flexibility index (Phi) is 5.46. The van der Waals surface area contributed by atoms with E-state index in [0.717, 1.165) is 48.3 Å². The minimum Gasteiger partial charge on any atom is -0.393 e. The Labute approximate surface area is 221 Å². The molecule has 4 heterocycles. The molecule has 4 aliphatic rings. The number of hydrogen-bond acceptors (Lipinski definition) is 6. The van der Waals surface area contributed by atoms with Crippen molar-refractivity contribution in [1.29, 1.82) is 0 Å². The fraction of sp³-hybridized carbons (Fsp3) is 0.400. The van der Waals surface area contributed by atoms with Crippen molar-refractivity contribution < 1.29 is 19.1 Å². The molecule has 1 atom stereocenters. The average Bonchev–Trinajstić information content (AvgIpc) is 3.38. The lowest BCUT2D eigenvalue weighted by molar-refractivity contribution is -0.146. The first-order chi connectivity index (χ1) is 18.5. The van der Waals surface area contributed by atoms with E-state index < -0.39 is 5.54 Å². The number of imidazole rings is 1. The van der Waals surface area contributed by atoms with E-state index >= 15 is 0 Å². The third kappa shape index (κ3) is 3.54. The molecule has 196 valence electrons. The molecular formula is C30H31FN4O3. The summed E-state index contributed by atoms with van der Waals surface area (Å²) >= 11 is 0. The molecule has 2 saturated heterocycles. The highest BCUT2D eigenvalue weighted by atomic mass is 19.1. The van der Waals surface area contributed by atoms with Crippen LogP contribution in [0, 0.1) is 11.2 Å². The second kappa shape index (κ2) is 8.78. The zero-order chi connectivity index (χ0) is 25.9. The number of ether oxygens (including phenoxy) is 1. The Morgan fingerprint density at radius 2 is 1.89 bits per heavy atom. The summed E-state index contributed by atoms with van der Waals surface area (Å²) < 4.78 is 21.6. The minimum atomic E-state index is -0.847. The van der Waals surface area contributed by atoms with Crippen molar-refractivity contribution in [3.8, 4) is 5.69 Å². The van der Waals surface area contributed by atoms with Crippen molar-refractivity contribution in [2.75, 3.05) is 33.0 Å². The molecular weight excluding hydrogens is 483 g/mol. The molecule has 38 heavy (non-hydrogen) atoms. The van der Waals surface area contributed by atoms with Gasteiger partial charge in [0.2, 0.25) is 0 Å². The number of fused-ring (bicyclic) bond motifs is 2. The van der Waals surface area contributed by atoms with Crippen LogP contribution in [-0.4, -0.2) is 58.4 Å². The maximum Gasteiger partial charge on any atom is 0.172 e. The van der Waals surface area contributed by atoms with Crippen molar-refractivity contribution in [2.24, 2.45) is 10.6 Å². The average molecular weight is 515 g/mol. The number of halogens is 1. The molecule has 7 rings (SSSR count). The van der Waals surface area contributed by atoms with Gasteiger partial charge in [0.25, 0.3) is 0 Å². The fourth-order valence-electron chi connectivity index (χ4n) is 6.37. The molecule has 0 amide bonds. The van der Waals surface area contributed by atoms with Gasteiger partial charge in [0.05, 0.1) is 31.8 Å². The summed E-state index contributed by atoms with van der Waals surface area (Å²) in [4.78, 5) is 12.5. The van der Waals surface area contributed by atoms with Crippen LogP contribution in [0.25, 0.3) is 11.8 Å². The second-order valence-corrected chi connectivity index (χ2v) is 11.1. The number of rotatable bonds is 5. The molecule has 7 nitrogen and oxygen atoms in total. The van der Waals surface area contributed by atoms with Crippen molar-refractivity contribution in [2.45, 2.75) is 38.1 Å². The molecule has 1 spiro atoms. The number of amidine groups is 1. The molecule has 3 aromatic rings. The number of benzene rings is 2. The monoisotopic (exact) mass is 514 g/mol. The Morgan fingerprint density at radius 3 is 2.55 bits per heavy atom. The zero-order valence-electron chi connectivity index (χ0n) is 21.5. The normalized spacial score (nSPS) is 24.2. The van der Waals surface area contributed by atoms with Crippen LogP contribution in [-0.2, 0) is 34.4 Å². The first-order valence-electron chi connectivity index (χ1n) is 13.4. The quantitative estimate of drug-likeness (QED) is 0.557. The first kappa shape index (κ1) is 23.6. The van der Waals surface area contributed by atoms with E-state index in [2.05, 4.69) is 50.9 Å². The van der Waals surface area contributed by atoms with E-state index in [1.54, 1.807) is 12.1 Å². The number of hydrogen-bond donors (Lipinski definition) is 1. The molecule has 2 fully saturated rings. The van der Waals surface area contributed by atoms with E-state index in [1.165, 1.54) is 34.5 Å². The van der Waals surface area contributed by atoms with Gasteiger partial charge in [-0.25, -0.2) is 9.37 Å². The van der Waals surface area contributed by atoms with Gasteiger partial charge < -0.3 is 24.1 Å². The molecule has 3 aliphatic heterocycles. The molecule has 8 heteroatoms. The molecule has 1 N–H and O–H groups in total. The molecule has 1 aromatic heterocycles. The number of piperidine rings is 1. The van der Waals surface area contributed by atoms with E-state index in [-0.39, 0.29) is 24.4 Å². The van der Waals surface area contributed by atoms with Gasteiger partial charge in [0, 0.05) is 23.8 Å². The van der Waals surface area contributed by atoms with E-state index in [1.807, 2.05) is 6.33 Å². The summed E-state index contributed by atoms with van der Waals surface area (Å²) in [5.41, 5.74) is 7.20. The van der Waals surface area contributed by atoms with Crippen LogP contribution < -0.4 is 0 Å².